The van der Waals surface area contributed by atoms with Crippen molar-refractivity contribution in [2.45, 2.75) is 31.9 Å². The van der Waals surface area contributed by atoms with Gasteiger partial charge >= 0.3 is 0 Å². The molecule has 1 atom stereocenters. The van der Waals surface area contributed by atoms with E-state index in [1.54, 1.807) is 0 Å². The Labute approximate surface area is 152 Å². The van der Waals surface area contributed by atoms with Crippen LogP contribution < -0.4 is 4.74 Å². The van der Waals surface area contributed by atoms with Crippen LogP contribution in [0.25, 0.3) is 0 Å². The van der Waals surface area contributed by atoms with E-state index in [0.717, 1.165) is 11.3 Å². The lowest BCUT2D eigenvalue weighted by Gasteiger charge is -2.08. The quantitative estimate of drug-likeness (QED) is 0.538. The maximum atomic E-state index is 11.5. The number of sulfone groups is 1. The van der Waals surface area contributed by atoms with Crippen LogP contribution in [0.15, 0.2) is 27.8 Å². The van der Waals surface area contributed by atoms with E-state index in [0.29, 0.717) is 36.3 Å². The Kier molecular flexibility index (Phi) is 5.68. The van der Waals surface area contributed by atoms with Gasteiger partial charge in [-0.25, -0.2) is 8.42 Å². The summed E-state index contributed by atoms with van der Waals surface area (Å²) < 4.78 is 34.4. The van der Waals surface area contributed by atoms with E-state index in [1.165, 1.54) is 17.3 Å². The van der Waals surface area contributed by atoms with Gasteiger partial charge in [0.05, 0.1) is 18.1 Å². The number of aromatic nitrogens is 2. The van der Waals surface area contributed by atoms with Gasteiger partial charge in [-0.3, -0.25) is 0 Å². The normalized spacial score (nSPS) is 19.2. The lowest BCUT2D eigenvalue weighted by molar-refractivity contribution is 0.340. The zero-order valence-electron chi connectivity index (χ0n) is 14.4. The molecule has 0 saturated carbocycles. The number of rotatable bonds is 7. The second-order valence-electron chi connectivity index (χ2n) is 6.40. The van der Waals surface area contributed by atoms with Crippen LogP contribution in [0.2, 0.25) is 0 Å². The molecule has 1 aromatic carbocycles. The third-order valence-corrected chi connectivity index (χ3v) is 6.77. The van der Waals surface area contributed by atoms with E-state index in [2.05, 4.69) is 16.3 Å². The van der Waals surface area contributed by atoms with Crippen molar-refractivity contribution in [2.75, 3.05) is 23.9 Å². The van der Waals surface area contributed by atoms with Crippen LogP contribution in [0.3, 0.4) is 0 Å². The Morgan fingerprint density at radius 2 is 2.16 bits per heavy atom. The number of ether oxygens (including phenoxy) is 1. The average molecular weight is 383 g/mol. The highest BCUT2D eigenvalue weighted by atomic mass is 32.2. The average Bonchev–Trinajstić information content (AvgIpc) is 3.13. The number of aryl methyl sites for hydroxylation is 2. The fourth-order valence-electron chi connectivity index (χ4n) is 2.80. The minimum atomic E-state index is -2.87. The first kappa shape index (κ1) is 18.3. The molecule has 0 aliphatic carbocycles. The van der Waals surface area contributed by atoms with Crippen molar-refractivity contribution in [1.29, 1.82) is 0 Å². The van der Waals surface area contributed by atoms with Crippen LogP contribution in [0.5, 0.6) is 5.75 Å². The number of hydrogen-bond donors (Lipinski definition) is 0. The van der Waals surface area contributed by atoms with Gasteiger partial charge in [0.15, 0.2) is 9.84 Å². The molecule has 3 rings (SSSR count). The molecule has 2 aromatic rings. The second kappa shape index (κ2) is 7.78. The summed E-state index contributed by atoms with van der Waals surface area (Å²) in [6.07, 6.45) is 1.21. The summed E-state index contributed by atoms with van der Waals surface area (Å²) in [6, 6.07) is 6.14. The molecular formula is C17H22N2O4S2. The summed E-state index contributed by atoms with van der Waals surface area (Å²) in [5.41, 5.74) is 2.28. The predicted molar refractivity (Wildman–Crippen MR) is 96.9 cm³/mol. The summed E-state index contributed by atoms with van der Waals surface area (Å²) in [6.45, 7) is 4.61. The van der Waals surface area contributed by atoms with Crippen LogP contribution in [0.4, 0.5) is 0 Å². The highest BCUT2D eigenvalue weighted by Gasteiger charge is 2.29. The maximum absolute atomic E-state index is 11.5. The molecule has 0 unspecified atom stereocenters. The molecule has 136 valence electrons. The molecule has 1 aromatic heterocycles. The molecule has 8 heteroatoms. The molecular weight excluding hydrogens is 360 g/mol. The second-order valence-corrected chi connectivity index (χ2v) is 9.68. The molecule has 0 bridgehead atoms. The number of thioether (sulfide) groups is 1. The highest BCUT2D eigenvalue weighted by Crippen LogP contribution is 2.24. The monoisotopic (exact) mass is 382 g/mol. The van der Waals surface area contributed by atoms with E-state index in [4.69, 9.17) is 9.15 Å². The number of benzene rings is 1. The van der Waals surface area contributed by atoms with E-state index in [1.807, 2.05) is 26.0 Å². The van der Waals surface area contributed by atoms with Gasteiger partial charge in [0.1, 0.15) is 5.75 Å². The fraction of sp³-hybridized carbons (Fsp3) is 0.529. The van der Waals surface area contributed by atoms with Crippen LogP contribution in [0.1, 0.15) is 23.4 Å². The Hall–Kier alpha value is -1.54. The first-order chi connectivity index (χ1) is 11.9. The zero-order valence-corrected chi connectivity index (χ0v) is 16.0. The van der Waals surface area contributed by atoms with Crippen molar-refractivity contribution in [3.05, 3.63) is 35.2 Å². The molecule has 0 spiro atoms. The zero-order chi connectivity index (χ0) is 17.9. The molecule has 0 radical (unpaired) electrons. The van der Waals surface area contributed by atoms with Crippen molar-refractivity contribution in [1.82, 2.24) is 10.2 Å². The molecule has 0 amide bonds. The third-order valence-electron chi connectivity index (χ3n) is 4.15. The Morgan fingerprint density at radius 3 is 2.92 bits per heavy atom. The van der Waals surface area contributed by atoms with Gasteiger partial charge in [-0.1, -0.05) is 23.9 Å². The highest BCUT2D eigenvalue weighted by molar-refractivity contribution is 7.99. The SMILES string of the molecule is Cc1ccc(C)c(OCCSc2nnc(C[C@H]3CCS(=O)(=O)C3)o2)c1. The van der Waals surface area contributed by atoms with E-state index in [-0.39, 0.29) is 17.4 Å². The maximum Gasteiger partial charge on any atom is 0.276 e. The Morgan fingerprint density at radius 1 is 1.32 bits per heavy atom. The Bertz CT molecular complexity index is 833. The van der Waals surface area contributed by atoms with Crippen molar-refractivity contribution in [2.24, 2.45) is 5.92 Å². The lowest BCUT2D eigenvalue weighted by Crippen LogP contribution is -2.07. The predicted octanol–water partition coefficient (Wildman–Crippen LogP) is 2.83. The van der Waals surface area contributed by atoms with Gasteiger partial charge in [-0.15, -0.1) is 10.2 Å². The van der Waals surface area contributed by atoms with Crippen LogP contribution in [0, 0.1) is 19.8 Å². The lowest BCUT2D eigenvalue weighted by atomic mass is 10.1. The first-order valence-corrected chi connectivity index (χ1v) is 11.1. The summed E-state index contributed by atoms with van der Waals surface area (Å²) in [5, 5.41) is 8.53. The summed E-state index contributed by atoms with van der Waals surface area (Å²) in [7, 11) is -2.87. The molecule has 2 heterocycles. The van der Waals surface area contributed by atoms with Gasteiger partial charge in [0.25, 0.3) is 5.22 Å². The van der Waals surface area contributed by atoms with E-state index < -0.39 is 9.84 Å². The summed E-state index contributed by atoms with van der Waals surface area (Å²) in [4.78, 5) is 0. The minimum Gasteiger partial charge on any atom is -0.492 e. The van der Waals surface area contributed by atoms with E-state index in [9.17, 15) is 8.42 Å². The van der Waals surface area contributed by atoms with Crippen molar-refractivity contribution >= 4 is 21.6 Å². The number of hydrogen-bond acceptors (Lipinski definition) is 7. The van der Waals surface area contributed by atoms with Gasteiger partial charge in [-0.05, 0) is 43.4 Å². The molecule has 25 heavy (non-hydrogen) atoms. The molecule has 1 fully saturated rings. The van der Waals surface area contributed by atoms with E-state index >= 15 is 0 Å². The topological polar surface area (TPSA) is 82.3 Å². The Balaban J connectivity index is 1.43. The molecule has 6 nitrogen and oxygen atoms in total. The fourth-order valence-corrected chi connectivity index (χ4v) is 5.26. The molecule has 1 aliphatic heterocycles. The standard InChI is InChI=1S/C17H22N2O4S2/c1-12-3-4-13(2)15(9-12)22-6-7-24-17-19-18-16(23-17)10-14-5-8-25(20,21)11-14/h3-4,9,14H,5-8,10-11H2,1-2H3/t14-/m1/s1. The third kappa shape index (κ3) is 5.22. The smallest absolute Gasteiger partial charge is 0.276 e. The van der Waals surface area contributed by atoms with Crippen LogP contribution >= 0.6 is 11.8 Å². The number of nitrogens with zero attached hydrogens (tertiary/aromatic N) is 2. The molecule has 0 N–H and O–H groups in total. The molecule has 1 saturated heterocycles. The van der Waals surface area contributed by atoms with Gasteiger partial charge in [0, 0.05) is 12.2 Å². The van der Waals surface area contributed by atoms with Crippen molar-refractivity contribution < 1.29 is 17.6 Å². The summed E-state index contributed by atoms with van der Waals surface area (Å²) >= 11 is 1.44. The largest absolute Gasteiger partial charge is 0.492 e. The van der Waals surface area contributed by atoms with Crippen molar-refractivity contribution in [3.8, 4) is 5.75 Å². The van der Waals surface area contributed by atoms with Crippen molar-refractivity contribution in [3.63, 3.8) is 0 Å². The van der Waals surface area contributed by atoms with Crippen LogP contribution in [-0.2, 0) is 16.3 Å². The molecule has 1 aliphatic rings. The minimum absolute atomic E-state index is 0.0935. The van der Waals surface area contributed by atoms with Gasteiger partial charge < -0.3 is 9.15 Å². The summed E-state index contributed by atoms with van der Waals surface area (Å²) in [5.74, 6) is 2.70. The van der Waals surface area contributed by atoms with Crippen LogP contribution in [-0.4, -0.2) is 42.5 Å². The first-order valence-electron chi connectivity index (χ1n) is 8.27. The van der Waals surface area contributed by atoms with Gasteiger partial charge in [0.2, 0.25) is 5.89 Å². The van der Waals surface area contributed by atoms with Gasteiger partial charge in [-0.2, -0.15) is 0 Å².